The van der Waals surface area contributed by atoms with Crippen molar-refractivity contribution in [2.24, 2.45) is 0 Å². The lowest BCUT2D eigenvalue weighted by Crippen LogP contribution is -2.48. The summed E-state index contributed by atoms with van der Waals surface area (Å²) in [4.78, 5) is 17.0. The number of hydrogen-bond donors (Lipinski definition) is 0. The van der Waals surface area contributed by atoms with E-state index in [0.29, 0.717) is 0 Å². The summed E-state index contributed by atoms with van der Waals surface area (Å²) in [5.74, 6) is 1.02. The Morgan fingerprint density at radius 2 is 1.65 bits per heavy atom. The number of ether oxygens (including phenoxy) is 1. The van der Waals surface area contributed by atoms with Crippen LogP contribution in [-0.2, 0) is 11.3 Å². The number of nitrogens with zero attached hydrogens (tertiary/aromatic N) is 2. The molecule has 0 N–H and O–H groups in total. The fourth-order valence-corrected chi connectivity index (χ4v) is 3.21. The molecule has 2 aromatic carbocycles. The van der Waals surface area contributed by atoms with Gasteiger partial charge in [0.1, 0.15) is 5.75 Å². The standard InChI is InChI=1S/C22H26N2O2/c1-18(16-19-6-4-3-5-7-19)22(25)24-14-12-23(13-15-24)17-20-8-10-21(26-2)11-9-20/h3-11,16H,12-15,17H2,1-2H3/b18-16+. The van der Waals surface area contributed by atoms with Crippen molar-refractivity contribution < 1.29 is 9.53 Å². The second-order valence-corrected chi connectivity index (χ2v) is 6.65. The molecule has 0 unspecified atom stereocenters. The van der Waals surface area contributed by atoms with E-state index in [1.54, 1.807) is 7.11 Å². The van der Waals surface area contributed by atoms with Crippen LogP contribution >= 0.6 is 0 Å². The zero-order chi connectivity index (χ0) is 18.4. The minimum Gasteiger partial charge on any atom is -0.497 e. The van der Waals surface area contributed by atoms with Crippen LogP contribution in [0.3, 0.4) is 0 Å². The molecule has 0 aliphatic carbocycles. The van der Waals surface area contributed by atoms with Gasteiger partial charge in [-0.1, -0.05) is 42.5 Å². The first-order valence-corrected chi connectivity index (χ1v) is 9.03. The Bertz CT molecular complexity index is 745. The van der Waals surface area contributed by atoms with Crippen LogP contribution in [0.2, 0.25) is 0 Å². The van der Waals surface area contributed by atoms with Crippen LogP contribution in [0.1, 0.15) is 18.1 Å². The van der Waals surface area contributed by atoms with Gasteiger partial charge in [0, 0.05) is 38.3 Å². The van der Waals surface area contributed by atoms with Crippen molar-refractivity contribution in [2.45, 2.75) is 13.5 Å². The Morgan fingerprint density at radius 1 is 1.00 bits per heavy atom. The summed E-state index contributed by atoms with van der Waals surface area (Å²) in [5, 5.41) is 0. The summed E-state index contributed by atoms with van der Waals surface area (Å²) in [7, 11) is 1.68. The summed E-state index contributed by atoms with van der Waals surface area (Å²) in [5.41, 5.74) is 3.13. The zero-order valence-electron chi connectivity index (χ0n) is 15.5. The average Bonchev–Trinajstić information content (AvgIpc) is 2.69. The predicted octanol–water partition coefficient (Wildman–Crippen LogP) is 3.44. The number of piperazine rings is 1. The summed E-state index contributed by atoms with van der Waals surface area (Å²) < 4.78 is 5.20. The van der Waals surface area contributed by atoms with Gasteiger partial charge in [0.2, 0.25) is 5.91 Å². The van der Waals surface area contributed by atoms with Gasteiger partial charge in [0.25, 0.3) is 0 Å². The molecule has 0 bridgehead atoms. The van der Waals surface area contributed by atoms with E-state index >= 15 is 0 Å². The van der Waals surface area contributed by atoms with E-state index in [4.69, 9.17) is 4.74 Å². The van der Waals surface area contributed by atoms with Crippen LogP contribution in [0.4, 0.5) is 0 Å². The fourth-order valence-electron chi connectivity index (χ4n) is 3.21. The minimum absolute atomic E-state index is 0.137. The predicted molar refractivity (Wildman–Crippen MR) is 105 cm³/mol. The Labute approximate surface area is 155 Å². The molecule has 0 saturated carbocycles. The van der Waals surface area contributed by atoms with Crippen molar-refractivity contribution in [2.75, 3.05) is 33.3 Å². The molecule has 2 aromatic rings. The number of carbonyl (C=O) groups is 1. The Morgan fingerprint density at radius 3 is 2.27 bits per heavy atom. The van der Waals surface area contributed by atoms with E-state index in [1.807, 2.05) is 60.4 Å². The van der Waals surface area contributed by atoms with Gasteiger partial charge in [-0.2, -0.15) is 0 Å². The molecular weight excluding hydrogens is 324 g/mol. The highest BCUT2D eigenvalue weighted by molar-refractivity contribution is 5.97. The molecule has 1 aliphatic heterocycles. The molecule has 1 aliphatic rings. The van der Waals surface area contributed by atoms with Crippen molar-refractivity contribution in [3.05, 3.63) is 71.3 Å². The SMILES string of the molecule is COc1ccc(CN2CCN(C(=O)/C(C)=C/c3ccccc3)CC2)cc1. The molecule has 4 nitrogen and oxygen atoms in total. The highest BCUT2D eigenvalue weighted by atomic mass is 16.5. The first-order valence-electron chi connectivity index (χ1n) is 9.03. The van der Waals surface area contributed by atoms with Crippen LogP contribution in [0.15, 0.2) is 60.2 Å². The monoisotopic (exact) mass is 350 g/mol. The molecule has 0 aromatic heterocycles. The van der Waals surface area contributed by atoms with E-state index in [2.05, 4.69) is 17.0 Å². The molecule has 4 heteroatoms. The highest BCUT2D eigenvalue weighted by Gasteiger charge is 2.21. The summed E-state index contributed by atoms with van der Waals surface area (Å²) in [6.07, 6.45) is 1.96. The third-order valence-electron chi connectivity index (χ3n) is 4.74. The minimum atomic E-state index is 0.137. The second kappa shape index (κ2) is 8.68. The molecule has 136 valence electrons. The largest absolute Gasteiger partial charge is 0.497 e. The molecule has 3 rings (SSSR count). The summed E-state index contributed by atoms with van der Waals surface area (Å²) >= 11 is 0. The van der Waals surface area contributed by atoms with Gasteiger partial charge in [0.05, 0.1) is 7.11 Å². The first-order chi connectivity index (χ1) is 12.7. The molecule has 1 fully saturated rings. The number of carbonyl (C=O) groups excluding carboxylic acids is 1. The first kappa shape index (κ1) is 18.2. The van der Waals surface area contributed by atoms with Gasteiger partial charge in [-0.15, -0.1) is 0 Å². The number of amides is 1. The van der Waals surface area contributed by atoms with Crippen LogP contribution in [0.25, 0.3) is 6.08 Å². The van der Waals surface area contributed by atoms with Gasteiger partial charge in [-0.05, 0) is 36.3 Å². The van der Waals surface area contributed by atoms with Gasteiger partial charge < -0.3 is 9.64 Å². The normalized spacial score (nSPS) is 15.8. The van der Waals surface area contributed by atoms with Gasteiger partial charge >= 0.3 is 0 Å². The molecule has 1 saturated heterocycles. The second-order valence-electron chi connectivity index (χ2n) is 6.65. The molecular formula is C22H26N2O2. The topological polar surface area (TPSA) is 32.8 Å². The summed E-state index contributed by atoms with van der Waals surface area (Å²) in [6.45, 7) is 6.15. The molecule has 26 heavy (non-hydrogen) atoms. The third kappa shape index (κ3) is 4.73. The molecule has 1 amide bonds. The maximum absolute atomic E-state index is 12.7. The maximum Gasteiger partial charge on any atom is 0.249 e. The van der Waals surface area contributed by atoms with Crippen molar-refractivity contribution in [3.8, 4) is 5.75 Å². The van der Waals surface area contributed by atoms with Crippen LogP contribution in [0, 0.1) is 0 Å². The Kier molecular flexibility index (Phi) is 6.08. The van der Waals surface area contributed by atoms with Crippen molar-refractivity contribution in [1.82, 2.24) is 9.80 Å². The Hall–Kier alpha value is -2.59. The number of hydrogen-bond acceptors (Lipinski definition) is 3. The quantitative estimate of drug-likeness (QED) is 0.775. The van der Waals surface area contributed by atoms with E-state index in [1.165, 1.54) is 5.56 Å². The average molecular weight is 350 g/mol. The third-order valence-corrected chi connectivity index (χ3v) is 4.74. The van der Waals surface area contributed by atoms with Crippen molar-refractivity contribution >= 4 is 12.0 Å². The maximum atomic E-state index is 12.7. The highest BCUT2D eigenvalue weighted by Crippen LogP contribution is 2.15. The number of methoxy groups -OCH3 is 1. The lowest BCUT2D eigenvalue weighted by atomic mass is 10.1. The molecule has 0 spiro atoms. The van der Waals surface area contributed by atoms with E-state index in [9.17, 15) is 4.79 Å². The number of benzene rings is 2. The Balaban J connectivity index is 1.52. The van der Waals surface area contributed by atoms with Gasteiger partial charge in [-0.3, -0.25) is 9.69 Å². The lowest BCUT2D eigenvalue weighted by Gasteiger charge is -2.35. The smallest absolute Gasteiger partial charge is 0.249 e. The molecule has 0 radical (unpaired) electrons. The van der Waals surface area contributed by atoms with Crippen molar-refractivity contribution in [3.63, 3.8) is 0 Å². The van der Waals surface area contributed by atoms with Crippen molar-refractivity contribution in [1.29, 1.82) is 0 Å². The summed E-state index contributed by atoms with van der Waals surface area (Å²) in [6, 6.07) is 18.2. The van der Waals surface area contributed by atoms with Gasteiger partial charge in [-0.25, -0.2) is 0 Å². The van der Waals surface area contributed by atoms with Gasteiger partial charge in [0.15, 0.2) is 0 Å². The number of rotatable bonds is 5. The van der Waals surface area contributed by atoms with E-state index in [0.717, 1.165) is 49.6 Å². The van der Waals surface area contributed by atoms with E-state index < -0.39 is 0 Å². The van der Waals surface area contributed by atoms with Crippen LogP contribution in [0.5, 0.6) is 5.75 Å². The zero-order valence-corrected chi connectivity index (χ0v) is 15.5. The van der Waals surface area contributed by atoms with Crippen LogP contribution in [-0.4, -0.2) is 49.0 Å². The molecule has 1 heterocycles. The molecule has 0 atom stereocenters. The lowest BCUT2D eigenvalue weighted by molar-refractivity contribution is -0.128. The fraction of sp³-hybridized carbons (Fsp3) is 0.318. The van der Waals surface area contributed by atoms with Crippen LogP contribution < -0.4 is 4.74 Å². The van der Waals surface area contributed by atoms with E-state index in [-0.39, 0.29) is 5.91 Å².